The number of aryl methyl sites for hydroxylation is 2. The van der Waals surface area contributed by atoms with Crippen molar-refractivity contribution in [1.82, 2.24) is 4.98 Å². The molecular formula is C19H22N4. The van der Waals surface area contributed by atoms with Crippen LogP contribution < -0.4 is 11.1 Å². The van der Waals surface area contributed by atoms with Gasteiger partial charge in [0.25, 0.3) is 0 Å². The van der Waals surface area contributed by atoms with Crippen LogP contribution >= 0.6 is 0 Å². The highest BCUT2D eigenvalue weighted by Gasteiger charge is 2.01. The maximum absolute atomic E-state index is 5.96. The molecule has 0 unspecified atom stereocenters. The van der Waals surface area contributed by atoms with Crippen LogP contribution in [0.3, 0.4) is 0 Å². The molecule has 4 heteroatoms. The summed E-state index contributed by atoms with van der Waals surface area (Å²) in [6.45, 7) is 4.83. The molecule has 4 N–H and O–H groups in total. The number of H-pyrrole nitrogens is 1. The first-order valence-electron chi connectivity index (χ1n) is 7.82. The minimum Gasteiger partial charge on any atom is -0.370 e. The third-order valence-electron chi connectivity index (χ3n) is 4.03. The molecule has 0 fully saturated rings. The number of nitrogens with zero attached hydrogens (tertiary/aromatic N) is 1. The lowest BCUT2D eigenvalue weighted by Crippen LogP contribution is -2.23. The van der Waals surface area contributed by atoms with E-state index < -0.39 is 0 Å². The number of fused-ring (bicyclic) bond motifs is 1. The van der Waals surface area contributed by atoms with Crippen LogP contribution in [0.2, 0.25) is 0 Å². The Labute approximate surface area is 136 Å². The lowest BCUT2D eigenvalue weighted by molar-refractivity contribution is 0.937. The molecule has 0 atom stereocenters. The molecule has 23 heavy (non-hydrogen) atoms. The molecule has 1 heterocycles. The summed E-state index contributed by atoms with van der Waals surface area (Å²) >= 11 is 0. The molecule has 0 aliphatic carbocycles. The van der Waals surface area contributed by atoms with Crippen LogP contribution in [-0.4, -0.2) is 17.5 Å². The smallest absolute Gasteiger partial charge is 0.193 e. The number of nitrogens with two attached hydrogens (primary N) is 1. The second-order valence-electron chi connectivity index (χ2n) is 5.82. The van der Waals surface area contributed by atoms with Crippen LogP contribution in [0.5, 0.6) is 0 Å². The van der Waals surface area contributed by atoms with Gasteiger partial charge in [-0.15, -0.1) is 0 Å². The molecule has 4 nitrogen and oxygen atoms in total. The summed E-state index contributed by atoms with van der Waals surface area (Å²) < 4.78 is 0. The van der Waals surface area contributed by atoms with E-state index in [4.69, 9.17) is 5.73 Å². The summed E-state index contributed by atoms with van der Waals surface area (Å²) in [7, 11) is 0. The number of anilines is 1. The molecule has 0 aliphatic rings. The van der Waals surface area contributed by atoms with Gasteiger partial charge in [-0.05, 0) is 54.6 Å². The largest absolute Gasteiger partial charge is 0.370 e. The van der Waals surface area contributed by atoms with E-state index in [9.17, 15) is 0 Å². The first-order valence-corrected chi connectivity index (χ1v) is 7.82. The van der Waals surface area contributed by atoms with E-state index >= 15 is 0 Å². The number of benzene rings is 2. The summed E-state index contributed by atoms with van der Waals surface area (Å²) in [5.74, 6) is 0.448. The summed E-state index contributed by atoms with van der Waals surface area (Å²) in [4.78, 5) is 7.80. The Morgan fingerprint density at radius 3 is 2.70 bits per heavy atom. The highest BCUT2D eigenvalue weighted by molar-refractivity contribution is 5.92. The molecule has 0 bridgehead atoms. The molecule has 0 spiro atoms. The SMILES string of the molecule is Cc1ccc(NC(N)=NCCc2cc3ccccc3[nH]2)cc1C. The van der Waals surface area contributed by atoms with Gasteiger partial charge in [-0.1, -0.05) is 24.3 Å². The zero-order valence-electron chi connectivity index (χ0n) is 13.6. The van der Waals surface area contributed by atoms with Gasteiger partial charge in [0.05, 0.1) is 0 Å². The first kappa shape index (κ1) is 15.2. The third-order valence-corrected chi connectivity index (χ3v) is 4.03. The zero-order chi connectivity index (χ0) is 16.2. The fraction of sp³-hybridized carbons (Fsp3) is 0.211. The standard InChI is InChI=1S/C19H22N4/c1-13-7-8-16(11-14(13)2)23-19(20)21-10-9-17-12-15-5-3-4-6-18(15)22-17/h3-8,11-12,22H,9-10H2,1-2H3,(H3,20,21,23). The number of aromatic amines is 1. The molecule has 3 rings (SSSR count). The maximum atomic E-state index is 5.96. The second-order valence-corrected chi connectivity index (χ2v) is 5.82. The van der Waals surface area contributed by atoms with Gasteiger partial charge in [0.1, 0.15) is 0 Å². The van der Waals surface area contributed by atoms with Crippen molar-refractivity contribution >= 4 is 22.5 Å². The van der Waals surface area contributed by atoms with Crippen molar-refractivity contribution in [2.24, 2.45) is 10.7 Å². The molecule has 0 saturated heterocycles. The van der Waals surface area contributed by atoms with Crippen molar-refractivity contribution in [3.05, 3.63) is 65.4 Å². The van der Waals surface area contributed by atoms with E-state index in [0.717, 1.165) is 17.6 Å². The summed E-state index contributed by atoms with van der Waals surface area (Å²) in [6.07, 6.45) is 0.837. The quantitative estimate of drug-likeness (QED) is 0.507. The normalized spacial score (nSPS) is 11.8. The predicted molar refractivity (Wildman–Crippen MR) is 98.0 cm³/mol. The van der Waals surface area contributed by atoms with Crippen LogP contribution in [0.1, 0.15) is 16.8 Å². The zero-order valence-corrected chi connectivity index (χ0v) is 13.6. The number of guanidine groups is 1. The topological polar surface area (TPSA) is 66.2 Å². The van der Waals surface area contributed by atoms with Crippen molar-refractivity contribution in [3.8, 4) is 0 Å². The summed E-state index contributed by atoms with van der Waals surface area (Å²) in [5, 5.41) is 4.37. The van der Waals surface area contributed by atoms with Crippen LogP contribution in [0.15, 0.2) is 53.5 Å². The Hall–Kier alpha value is -2.75. The van der Waals surface area contributed by atoms with E-state index in [-0.39, 0.29) is 0 Å². The third kappa shape index (κ3) is 3.72. The lowest BCUT2D eigenvalue weighted by Gasteiger charge is -2.08. The average molecular weight is 306 g/mol. The first-order chi connectivity index (χ1) is 11.1. The van der Waals surface area contributed by atoms with Gasteiger partial charge < -0.3 is 16.0 Å². The fourth-order valence-electron chi connectivity index (χ4n) is 2.57. The molecule has 1 aromatic heterocycles. The highest BCUT2D eigenvalue weighted by atomic mass is 15.1. The second kappa shape index (κ2) is 6.57. The van der Waals surface area contributed by atoms with E-state index in [0.29, 0.717) is 12.5 Å². The maximum Gasteiger partial charge on any atom is 0.193 e. The minimum atomic E-state index is 0.448. The van der Waals surface area contributed by atoms with Gasteiger partial charge in [0, 0.05) is 29.9 Å². The molecule has 0 radical (unpaired) electrons. The van der Waals surface area contributed by atoms with Gasteiger partial charge in [-0.25, -0.2) is 0 Å². The van der Waals surface area contributed by atoms with E-state index in [1.165, 1.54) is 22.2 Å². The van der Waals surface area contributed by atoms with E-state index in [1.54, 1.807) is 0 Å². The van der Waals surface area contributed by atoms with Crippen molar-refractivity contribution in [1.29, 1.82) is 0 Å². The monoisotopic (exact) mass is 306 g/mol. The van der Waals surface area contributed by atoms with Crippen LogP contribution in [-0.2, 0) is 6.42 Å². The van der Waals surface area contributed by atoms with Crippen LogP contribution in [0.4, 0.5) is 5.69 Å². The number of para-hydroxylation sites is 1. The number of aliphatic imine (C=N–C) groups is 1. The van der Waals surface area contributed by atoms with Gasteiger partial charge in [-0.2, -0.15) is 0 Å². The Bertz CT molecular complexity index is 812. The lowest BCUT2D eigenvalue weighted by atomic mass is 10.1. The van der Waals surface area contributed by atoms with E-state index in [1.807, 2.05) is 18.2 Å². The number of nitrogens with one attached hydrogen (secondary N) is 2. The molecule has 118 valence electrons. The molecule has 2 aromatic carbocycles. The number of hydrogen-bond acceptors (Lipinski definition) is 1. The van der Waals surface area contributed by atoms with Gasteiger partial charge in [0.2, 0.25) is 0 Å². The fourth-order valence-corrected chi connectivity index (χ4v) is 2.57. The minimum absolute atomic E-state index is 0.448. The molecule has 0 amide bonds. The molecular weight excluding hydrogens is 284 g/mol. The average Bonchev–Trinajstić information content (AvgIpc) is 2.93. The van der Waals surface area contributed by atoms with Gasteiger partial charge >= 0.3 is 0 Å². The Kier molecular flexibility index (Phi) is 4.33. The predicted octanol–water partition coefficient (Wildman–Crippen LogP) is 3.75. The van der Waals surface area contributed by atoms with Crippen molar-refractivity contribution in [2.75, 3.05) is 11.9 Å². The number of rotatable bonds is 4. The van der Waals surface area contributed by atoms with Crippen molar-refractivity contribution in [2.45, 2.75) is 20.3 Å². The number of hydrogen-bond donors (Lipinski definition) is 3. The van der Waals surface area contributed by atoms with Gasteiger partial charge in [0.15, 0.2) is 5.96 Å². The molecule has 3 aromatic rings. The highest BCUT2D eigenvalue weighted by Crippen LogP contribution is 2.15. The Morgan fingerprint density at radius 2 is 1.91 bits per heavy atom. The van der Waals surface area contributed by atoms with Crippen LogP contribution in [0.25, 0.3) is 10.9 Å². The van der Waals surface area contributed by atoms with Gasteiger partial charge in [-0.3, -0.25) is 4.99 Å². The van der Waals surface area contributed by atoms with E-state index in [2.05, 4.69) is 59.5 Å². The summed E-state index contributed by atoms with van der Waals surface area (Å²) in [5.41, 5.74) is 11.8. The van der Waals surface area contributed by atoms with Crippen molar-refractivity contribution in [3.63, 3.8) is 0 Å². The number of aromatic nitrogens is 1. The molecule has 0 saturated carbocycles. The Morgan fingerprint density at radius 1 is 1.09 bits per heavy atom. The Balaban J connectivity index is 1.59. The van der Waals surface area contributed by atoms with Crippen LogP contribution in [0, 0.1) is 13.8 Å². The molecule has 0 aliphatic heterocycles. The summed E-state index contributed by atoms with van der Waals surface area (Å²) in [6, 6.07) is 16.6. The van der Waals surface area contributed by atoms with Crippen molar-refractivity contribution < 1.29 is 0 Å².